The van der Waals surface area contributed by atoms with Gasteiger partial charge in [0, 0.05) is 23.8 Å². The molecule has 7 nitrogen and oxygen atoms in total. The van der Waals surface area contributed by atoms with Crippen molar-refractivity contribution >= 4 is 23.4 Å². The van der Waals surface area contributed by atoms with Gasteiger partial charge in [-0.25, -0.2) is 4.98 Å². The summed E-state index contributed by atoms with van der Waals surface area (Å²) in [4.78, 5) is 20.8. The zero-order chi connectivity index (χ0) is 23.4. The largest absolute Gasteiger partial charge is 0.416 e. The Labute approximate surface area is 191 Å². The second kappa shape index (κ2) is 9.41. The van der Waals surface area contributed by atoms with Gasteiger partial charge in [-0.3, -0.25) is 14.3 Å². The van der Waals surface area contributed by atoms with Gasteiger partial charge in [0.1, 0.15) is 5.69 Å². The summed E-state index contributed by atoms with van der Waals surface area (Å²) in [7, 11) is 0. The number of alkyl halides is 3. The third kappa shape index (κ3) is 5.37. The standard InChI is InChI=1S/C22H17F3N6OS/c1-14-5-7-17(8-6-14)31-20(18-12-26-9-10-27-18)29-30-21(31)33-13-19(32)28-16-4-2-3-15(11-16)22(23,24)25/h2-12H,13H2,1H3,(H,28,32). The van der Waals surface area contributed by atoms with Gasteiger partial charge in [0.25, 0.3) is 0 Å². The van der Waals surface area contributed by atoms with Crippen molar-refractivity contribution in [2.75, 3.05) is 11.1 Å². The van der Waals surface area contributed by atoms with E-state index in [1.54, 1.807) is 23.2 Å². The third-order valence-corrected chi connectivity index (χ3v) is 5.45. The van der Waals surface area contributed by atoms with E-state index in [0.29, 0.717) is 16.7 Å². The summed E-state index contributed by atoms with van der Waals surface area (Å²) in [6.45, 7) is 1.97. The number of aryl methyl sites for hydroxylation is 1. The van der Waals surface area contributed by atoms with Gasteiger partial charge in [-0.05, 0) is 37.3 Å². The maximum Gasteiger partial charge on any atom is 0.416 e. The maximum atomic E-state index is 12.9. The first-order chi connectivity index (χ1) is 15.8. The fraction of sp³-hybridized carbons (Fsp3) is 0.136. The molecule has 0 aliphatic rings. The highest BCUT2D eigenvalue weighted by Gasteiger charge is 2.30. The van der Waals surface area contributed by atoms with Crippen molar-refractivity contribution in [1.29, 1.82) is 0 Å². The number of rotatable bonds is 6. The summed E-state index contributed by atoms with van der Waals surface area (Å²) in [6.07, 6.45) is 0.156. The summed E-state index contributed by atoms with van der Waals surface area (Å²) in [5, 5.41) is 11.3. The lowest BCUT2D eigenvalue weighted by Crippen LogP contribution is -2.15. The monoisotopic (exact) mass is 470 g/mol. The van der Waals surface area contributed by atoms with Gasteiger partial charge in [0.15, 0.2) is 11.0 Å². The topological polar surface area (TPSA) is 85.6 Å². The van der Waals surface area contributed by atoms with Crippen LogP contribution < -0.4 is 5.32 Å². The van der Waals surface area contributed by atoms with Gasteiger partial charge in [0.2, 0.25) is 5.91 Å². The lowest BCUT2D eigenvalue weighted by Gasteiger charge is -2.11. The molecule has 1 amide bonds. The Hall–Kier alpha value is -3.73. The fourth-order valence-corrected chi connectivity index (χ4v) is 3.72. The van der Waals surface area contributed by atoms with E-state index in [2.05, 4.69) is 25.5 Å². The lowest BCUT2D eigenvalue weighted by atomic mass is 10.2. The second-order valence-electron chi connectivity index (χ2n) is 6.98. The number of benzene rings is 2. The number of aromatic nitrogens is 5. The van der Waals surface area contributed by atoms with Crippen molar-refractivity contribution in [3.05, 3.63) is 78.2 Å². The van der Waals surface area contributed by atoms with Crippen molar-refractivity contribution in [1.82, 2.24) is 24.7 Å². The number of carbonyl (C=O) groups excluding carboxylic acids is 1. The number of amides is 1. The molecule has 2 aromatic heterocycles. The van der Waals surface area contributed by atoms with Gasteiger partial charge >= 0.3 is 6.18 Å². The summed E-state index contributed by atoms with van der Waals surface area (Å²) >= 11 is 1.11. The summed E-state index contributed by atoms with van der Waals surface area (Å²) in [5.74, 6) is -0.104. The van der Waals surface area contributed by atoms with E-state index >= 15 is 0 Å². The molecule has 0 atom stereocenters. The summed E-state index contributed by atoms with van der Waals surface area (Å²) < 4.78 is 40.5. The van der Waals surface area contributed by atoms with E-state index in [0.717, 1.165) is 35.1 Å². The van der Waals surface area contributed by atoms with Gasteiger partial charge in [0.05, 0.1) is 17.5 Å². The third-order valence-electron chi connectivity index (χ3n) is 4.52. The number of hydrogen-bond acceptors (Lipinski definition) is 6. The molecule has 11 heteroatoms. The number of nitrogens with one attached hydrogen (secondary N) is 1. The molecule has 0 unspecified atom stereocenters. The molecule has 0 radical (unpaired) electrons. The molecule has 4 rings (SSSR count). The predicted molar refractivity (Wildman–Crippen MR) is 118 cm³/mol. The molecule has 1 N–H and O–H groups in total. The first-order valence-corrected chi connectivity index (χ1v) is 10.7. The van der Waals surface area contributed by atoms with Crippen molar-refractivity contribution in [2.45, 2.75) is 18.3 Å². The van der Waals surface area contributed by atoms with Gasteiger partial charge < -0.3 is 5.32 Å². The SMILES string of the molecule is Cc1ccc(-n2c(SCC(=O)Nc3cccc(C(F)(F)F)c3)nnc2-c2cnccn2)cc1. The van der Waals surface area contributed by atoms with Crippen molar-refractivity contribution in [2.24, 2.45) is 0 Å². The fourth-order valence-electron chi connectivity index (χ4n) is 2.97. The first-order valence-electron chi connectivity index (χ1n) is 9.70. The number of anilines is 1. The zero-order valence-corrected chi connectivity index (χ0v) is 18.1. The van der Waals surface area contributed by atoms with Crippen molar-refractivity contribution in [3.8, 4) is 17.2 Å². The van der Waals surface area contributed by atoms with Crippen LogP contribution in [0.3, 0.4) is 0 Å². The van der Waals surface area contributed by atoms with E-state index < -0.39 is 17.6 Å². The molecule has 168 valence electrons. The number of nitrogens with zero attached hydrogens (tertiary/aromatic N) is 5. The average molecular weight is 470 g/mol. The average Bonchev–Trinajstić information content (AvgIpc) is 3.22. The van der Waals surface area contributed by atoms with Crippen molar-refractivity contribution in [3.63, 3.8) is 0 Å². The Morgan fingerprint density at radius 1 is 1.09 bits per heavy atom. The molecule has 2 heterocycles. The van der Waals surface area contributed by atoms with Crippen LogP contribution in [-0.2, 0) is 11.0 Å². The normalized spacial score (nSPS) is 11.4. The Kier molecular flexibility index (Phi) is 6.40. The molecule has 0 saturated heterocycles. The van der Waals surface area contributed by atoms with Gasteiger partial charge in [-0.2, -0.15) is 13.2 Å². The molecule has 0 aliphatic heterocycles. The minimum Gasteiger partial charge on any atom is -0.325 e. The summed E-state index contributed by atoms with van der Waals surface area (Å²) in [5.41, 5.74) is 1.58. The summed E-state index contributed by atoms with van der Waals surface area (Å²) in [6, 6.07) is 12.1. The quantitative estimate of drug-likeness (QED) is 0.408. The number of carbonyl (C=O) groups is 1. The van der Waals surface area contributed by atoms with E-state index in [1.165, 1.54) is 12.1 Å². The van der Waals surface area contributed by atoms with Crippen molar-refractivity contribution < 1.29 is 18.0 Å². The van der Waals surface area contributed by atoms with Gasteiger partial charge in [-0.1, -0.05) is 35.5 Å². The molecule has 2 aromatic carbocycles. The highest BCUT2D eigenvalue weighted by Crippen LogP contribution is 2.31. The highest BCUT2D eigenvalue weighted by molar-refractivity contribution is 7.99. The van der Waals surface area contributed by atoms with Crippen LogP contribution in [0.25, 0.3) is 17.2 Å². The van der Waals surface area contributed by atoms with Crippen LogP contribution in [0.2, 0.25) is 0 Å². The smallest absolute Gasteiger partial charge is 0.325 e. The van der Waals surface area contributed by atoms with E-state index in [4.69, 9.17) is 0 Å². The number of hydrogen-bond donors (Lipinski definition) is 1. The Morgan fingerprint density at radius 2 is 1.88 bits per heavy atom. The number of halogens is 3. The van der Waals surface area contributed by atoms with Crippen LogP contribution in [-0.4, -0.2) is 36.4 Å². The van der Waals surface area contributed by atoms with Crippen LogP contribution in [0.4, 0.5) is 18.9 Å². The van der Waals surface area contributed by atoms with Gasteiger partial charge in [-0.15, -0.1) is 10.2 Å². The van der Waals surface area contributed by atoms with Crippen LogP contribution in [0.15, 0.2) is 72.3 Å². The zero-order valence-electron chi connectivity index (χ0n) is 17.2. The second-order valence-corrected chi connectivity index (χ2v) is 7.93. The molecule has 33 heavy (non-hydrogen) atoms. The maximum absolute atomic E-state index is 12.9. The molecule has 0 aliphatic carbocycles. The molecule has 0 fully saturated rings. The van der Waals surface area contributed by atoms with Crippen LogP contribution in [0.5, 0.6) is 0 Å². The predicted octanol–water partition coefficient (Wildman–Crippen LogP) is 4.78. The Balaban J connectivity index is 1.55. The van der Waals surface area contributed by atoms with E-state index in [1.807, 2.05) is 31.2 Å². The molecule has 0 bridgehead atoms. The molecular formula is C22H17F3N6OS. The molecule has 4 aromatic rings. The molecule has 0 spiro atoms. The van der Waals surface area contributed by atoms with Crippen LogP contribution in [0, 0.1) is 6.92 Å². The Morgan fingerprint density at radius 3 is 2.58 bits per heavy atom. The highest BCUT2D eigenvalue weighted by atomic mass is 32.2. The Bertz CT molecular complexity index is 1260. The van der Waals surface area contributed by atoms with Crippen LogP contribution >= 0.6 is 11.8 Å². The molecule has 0 saturated carbocycles. The lowest BCUT2D eigenvalue weighted by molar-refractivity contribution is -0.137. The first kappa shape index (κ1) is 22.5. The van der Waals surface area contributed by atoms with E-state index in [-0.39, 0.29) is 11.4 Å². The van der Waals surface area contributed by atoms with Crippen LogP contribution in [0.1, 0.15) is 11.1 Å². The minimum atomic E-state index is -4.49. The minimum absolute atomic E-state index is 0.0654. The molecular weight excluding hydrogens is 453 g/mol. The van der Waals surface area contributed by atoms with E-state index in [9.17, 15) is 18.0 Å². The number of thioether (sulfide) groups is 1.